The lowest BCUT2D eigenvalue weighted by atomic mass is 10.1. The van der Waals surface area contributed by atoms with Crippen LogP contribution >= 0.6 is 27.5 Å². The van der Waals surface area contributed by atoms with E-state index in [1.54, 1.807) is 30.3 Å². The van der Waals surface area contributed by atoms with Crippen LogP contribution in [0.5, 0.6) is 5.75 Å². The van der Waals surface area contributed by atoms with E-state index in [2.05, 4.69) is 21.2 Å². The van der Waals surface area contributed by atoms with E-state index in [9.17, 15) is 24.5 Å². The van der Waals surface area contributed by atoms with Crippen molar-refractivity contribution in [1.82, 2.24) is 5.32 Å². The molecular weight excluding hydrogens is 542 g/mol. The third-order valence-electron chi connectivity index (χ3n) is 4.99. The van der Waals surface area contributed by atoms with Gasteiger partial charge in [-0.3, -0.25) is 25.0 Å². The number of anilines is 1. The molecule has 1 fully saturated rings. The summed E-state index contributed by atoms with van der Waals surface area (Å²) < 4.78 is 6.40. The summed E-state index contributed by atoms with van der Waals surface area (Å²) >= 11 is 9.31. The van der Waals surface area contributed by atoms with Gasteiger partial charge in [-0.15, -0.1) is 0 Å². The Morgan fingerprint density at radius 3 is 2.34 bits per heavy atom. The Balaban J connectivity index is 1.55. The van der Waals surface area contributed by atoms with E-state index in [0.717, 1.165) is 22.6 Å². The first-order valence-corrected chi connectivity index (χ1v) is 11.2. The molecule has 11 heteroatoms. The number of carbonyl (C=O) groups excluding carboxylic acids is 3. The number of ether oxygens (including phenoxy) is 1. The quantitative estimate of drug-likeness (QED) is 0.192. The monoisotopic (exact) mass is 555 g/mol. The maximum atomic E-state index is 13.0. The predicted octanol–water partition coefficient (Wildman–Crippen LogP) is 5.26. The largest absolute Gasteiger partial charge is 0.488 e. The number of nitro benzene ring substituents is 1. The number of urea groups is 1. The summed E-state index contributed by atoms with van der Waals surface area (Å²) in [5.74, 6) is -1.16. The zero-order valence-electron chi connectivity index (χ0n) is 17.7. The Morgan fingerprint density at radius 1 is 1.03 bits per heavy atom. The minimum atomic E-state index is -0.946. The first kappa shape index (κ1) is 24.1. The Labute approximate surface area is 212 Å². The second-order valence-electron chi connectivity index (χ2n) is 7.34. The van der Waals surface area contributed by atoms with Crippen LogP contribution in [0.25, 0.3) is 6.08 Å². The van der Waals surface area contributed by atoms with Crippen molar-refractivity contribution in [3.63, 3.8) is 0 Å². The molecule has 0 radical (unpaired) electrons. The Morgan fingerprint density at radius 2 is 1.71 bits per heavy atom. The number of amides is 4. The molecule has 176 valence electrons. The molecule has 1 heterocycles. The number of hydrogen-bond acceptors (Lipinski definition) is 6. The number of halogens is 2. The maximum Gasteiger partial charge on any atom is 0.335 e. The van der Waals surface area contributed by atoms with Crippen LogP contribution in [0.15, 0.2) is 76.8 Å². The van der Waals surface area contributed by atoms with Crippen molar-refractivity contribution in [1.29, 1.82) is 0 Å². The van der Waals surface area contributed by atoms with Crippen LogP contribution in [0.2, 0.25) is 5.02 Å². The minimum Gasteiger partial charge on any atom is -0.488 e. The van der Waals surface area contributed by atoms with Crippen LogP contribution in [-0.4, -0.2) is 22.8 Å². The number of benzene rings is 3. The molecule has 1 N–H and O–H groups in total. The average molecular weight is 557 g/mol. The van der Waals surface area contributed by atoms with Gasteiger partial charge in [-0.25, -0.2) is 9.69 Å². The van der Waals surface area contributed by atoms with Crippen molar-refractivity contribution in [2.45, 2.75) is 6.61 Å². The highest BCUT2D eigenvalue weighted by molar-refractivity contribution is 9.10. The molecule has 0 aromatic heterocycles. The molecule has 0 atom stereocenters. The van der Waals surface area contributed by atoms with Crippen molar-refractivity contribution in [2.75, 3.05) is 4.90 Å². The zero-order chi connectivity index (χ0) is 25.1. The summed E-state index contributed by atoms with van der Waals surface area (Å²) in [6, 6.07) is 16.1. The fraction of sp³-hybridized carbons (Fsp3) is 0.0417. The highest BCUT2D eigenvalue weighted by Gasteiger charge is 2.37. The maximum absolute atomic E-state index is 13.0. The van der Waals surface area contributed by atoms with Gasteiger partial charge in [-0.1, -0.05) is 29.8 Å². The topological polar surface area (TPSA) is 119 Å². The molecule has 4 amide bonds. The van der Waals surface area contributed by atoms with E-state index in [1.165, 1.54) is 18.2 Å². The lowest BCUT2D eigenvalue weighted by Gasteiger charge is -2.26. The van der Waals surface area contributed by atoms with Gasteiger partial charge >= 0.3 is 6.03 Å². The standard InChI is InChI=1S/C24H15BrClN3O6/c25-20-12-15(3-10-21(20)35-13-14-1-4-16(26)5-2-14)11-19-22(30)27-24(32)28(23(19)31)17-6-8-18(9-7-17)29(33)34/h1-12H,13H2,(H,27,30,32)/b19-11+. The smallest absolute Gasteiger partial charge is 0.335 e. The summed E-state index contributed by atoms with van der Waals surface area (Å²) in [6.07, 6.45) is 1.34. The number of nitrogens with zero attached hydrogens (tertiary/aromatic N) is 2. The lowest BCUT2D eigenvalue weighted by molar-refractivity contribution is -0.384. The number of non-ortho nitro benzene ring substituents is 1. The van der Waals surface area contributed by atoms with E-state index in [-0.39, 0.29) is 16.9 Å². The second kappa shape index (κ2) is 10.1. The van der Waals surface area contributed by atoms with Crippen molar-refractivity contribution < 1.29 is 24.0 Å². The lowest BCUT2D eigenvalue weighted by Crippen LogP contribution is -2.54. The summed E-state index contributed by atoms with van der Waals surface area (Å²) in [5, 5.41) is 13.6. The normalized spacial score (nSPS) is 14.7. The van der Waals surface area contributed by atoms with Gasteiger partial charge in [0.05, 0.1) is 15.1 Å². The number of carbonyl (C=O) groups is 3. The van der Waals surface area contributed by atoms with Crippen molar-refractivity contribution >= 4 is 62.8 Å². The molecule has 3 aromatic rings. The van der Waals surface area contributed by atoms with Crippen LogP contribution in [-0.2, 0) is 16.2 Å². The van der Waals surface area contributed by atoms with E-state index in [1.807, 2.05) is 12.1 Å². The van der Waals surface area contributed by atoms with E-state index in [4.69, 9.17) is 16.3 Å². The Hall–Kier alpha value is -4.02. The van der Waals surface area contributed by atoms with E-state index in [0.29, 0.717) is 27.4 Å². The molecule has 3 aromatic carbocycles. The number of nitro groups is 1. The fourth-order valence-corrected chi connectivity index (χ4v) is 3.88. The Kier molecular flexibility index (Phi) is 6.94. The van der Waals surface area contributed by atoms with Gasteiger partial charge < -0.3 is 4.74 Å². The van der Waals surface area contributed by atoms with Crippen molar-refractivity contribution in [3.8, 4) is 5.75 Å². The van der Waals surface area contributed by atoms with Gasteiger partial charge in [0.15, 0.2) is 0 Å². The van der Waals surface area contributed by atoms with Crippen LogP contribution in [0, 0.1) is 10.1 Å². The summed E-state index contributed by atoms with van der Waals surface area (Å²) in [6.45, 7) is 0.309. The van der Waals surface area contributed by atoms with Gasteiger partial charge in [0, 0.05) is 17.2 Å². The number of rotatable bonds is 6. The highest BCUT2D eigenvalue weighted by atomic mass is 79.9. The fourth-order valence-electron chi connectivity index (χ4n) is 3.25. The average Bonchev–Trinajstić information content (AvgIpc) is 2.82. The zero-order valence-corrected chi connectivity index (χ0v) is 20.1. The molecule has 35 heavy (non-hydrogen) atoms. The van der Waals surface area contributed by atoms with E-state index < -0.39 is 22.8 Å². The third-order valence-corrected chi connectivity index (χ3v) is 5.87. The van der Waals surface area contributed by atoms with Gasteiger partial charge in [-0.05, 0) is 69.5 Å². The summed E-state index contributed by atoms with van der Waals surface area (Å²) in [5.41, 5.74) is 1.04. The van der Waals surface area contributed by atoms with Crippen molar-refractivity contribution in [2.24, 2.45) is 0 Å². The SMILES string of the molecule is O=C1NC(=O)N(c2ccc([N+](=O)[O-])cc2)C(=O)/C1=C/c1ccc(OCc2ccc(Cl)cc2)c(Br)c1. The molecule has 1 saturated heterocycles. The molecule has 1 aliphatic heterocycles. The first-order valence-electron chi connectivity index (χ1n) is 10.1. The summed E-state index contributed by atoms with van der Waals surface area (Å²) in [4.78, 5) is 48.7. The van der Waals surface area contributed by atoms with Crippen LogP contribution in [0.3, 0.4) is 0 Å². The van der Waals surface area contributed by atoms with Gasteiger partial charge in [0.25, 0.3) is 17.5 Å². The molecule has 0 saturated carbocycles. The Bertz CT molecular complexity index is 1370. The van der Waals surface area contributed by atoms with Gasteiger partial charge in [0.2, 0.25) is 0 Å². The minimum absolute atomic E-state index is 0.0867. The van der Waals surface area contributed by atoms with Gasteiger partial charge in [0.1, 0.15) is 17.9 Å². The number of barbiturate groups is 1. The molecule has 0 unspecified atom stereocenters. The molecule has 0 aliphatic carbocycles. The molecular formula is C24H15BrClN3O6. The molecule has 4 rings (SSSR count). The van der Waals surface area contributed by atoms with Crippen LogP contribution in [0.4, 0.5) is 16.2 Å². The van der Waals surface area contributed by atoms with Crippen molar-refractivity contribution in [3.05, 3.63) is 103 Å². The second-order valence-corrected chi connectivity index (χ2v) is 8.63. The molecule has 0 bridgehead atoms. The van der Waals surface area contributed by atoms with E-state index >= 15 is 0 Å². The number of nitrogens with one attached hydrogen (secondary N) is 1. The molecule has 1 aliphatic rings. The molecule has 0 spiro atoms. The molecule has 9 nitrogen and oxygen atoms in total. The third kappa shape index (κ3) is 5.39. The van der Waals surface area contributed by atoms with Crippen LogP contribution in [0.1, 0.15) is 11.1 Å². The van der Waals surface area contributed by atoms with Crippen LogP contribution < -0.4 is 15.0 Å². The highest BCUT2D eigenvalue weighted by Crippen LogP contribution is 2.29. The summed E-state index contributed by atoms with van der Waals surface area (Å²) in [7, 11) is 0. The predicted molar refractivity (Wildman–Crippen MR) is 132 cm³/mol. The first-order chi connectivity index (χ1) is 16.7. The number of hydrogen-bond donors (Lipinski definition) is 1. The number of imide groups is 2. The van der Waals surface area contributed by atoms with Gasteiger partial charge in [-0.2, -0.15) is 0 Å².